The highest BCUT2D eigenvalue weighted by Gasteiger charge is 2.31. The maximum atomic E-state index is 11.5. The molecule has 1 aromatic rings. The lowest BCUT2D eigenvalue weighted by atomic mass is 9.80. The molecule has 1 heterocycles. The summed E-state index contributed by atoms with van der Waals surface area (Å²) in [5.41, 5.74) is 1.76. The van der Waals surface area contributed by atoms with E-state index in [1.54, 1.807) is 6.07 Å². The topological polar surface area (TPSA) is 38.8 Å². The molecule has 122 valence electrons. The standard InChI is InChI=1S/C18H27NO3/c1-6-9-18(2,3)16(19(4)5)12-21-14-7-8-15-13(10-14)11-22-17(15)20/h7-8,10,16H,6,9,11-12H2,1-5H3. The van der Waals surface area contributed by atoms with Gasteiger partial charge in [0.25, 0.3) is 0 Å². The second-order valence-corrected chi connectivity index (χ2v) is 6.92. The Morgan fingerprint density at radius 3 is 2.73 bits per heavy atom. The van der Waals surface area contributed by atoms with Crippen molar-refractivity contribution >= 4 is 5.97 Å². The normalized spacial score (nSPS) is 15.6. The largest absolute Gasteiger partial charge is 0.492 e. The summed E-state index contributed by atoms with van der Waals surface area (Å²) in [7, 11) is 4.20. The molecule has 1 unspecified atom stereocenters. The molecular weight excluding hydrogens is 278 g/mol. The van der Waals surface area contributed by atoms with Gasteiger partial charge < -0.3 is 14.4 Å². The van der Waals surface area contributed by atoms with E-state index in [2.05, 4.69) is 39.8 Å². The van der Waals surface area contributed by atoms with Gasteiger partial charge in [-0.1, -0.05) is 27.2 Å². The van der Waals surface area contributed by atoms with E-state index in [0.29, 0.717) is 24.8 Å². The minimum absolute atomic E-state index is 0.189. The summed E-state index contributed by atoms with van der Waals surface area (Å²) in [5, 5.41) is 0. The predicted octanol–water partition coefficient (Wildman–Crippen LogP) is 3.49. The number of fused-ring (bicyclic) bond motifs is 1. The molecule has 1 aliphatic heterocycles. The van der Waals surface area contributed by atoms with Crippen molar-refractivity contribution in [2.45, 2.75) is 46.3 Å². The molecule has 0 bridgehead atoms. The minimum Gasteiger partial charge on any atom is -0.492 e. The number of nitrogens with zero attached hydrogens (tertiary/aromatic N) is 1. The van der Waals surface area contributed by atoms with E-state index in [4.69, 9.17) is 9.47 Å². The number of cyclic esters (lactones) is 1. The fourth-order valence-electron chi connectivity index (χ4n) is 3.26. The van der Waals surface area contributed by atoms with Crippen molar-refractivity contribution in [3.05, 3.63) is 29.3 Å². The van der Waals surface area contributed by atoms with Gasteiger partial charge in [0.15, 0.2) is 0 Å². The average molecular weight is 305 g/mol. The van der Waals surface area contributed by atoms with Crippen LogP contribution in [0.5, 0.6) is 5.75 Å². The first-order valence-corrected chi connectivity index (χ1v) is 7.94. The van der Waals surface area contributed by atoms with Gasteiger partial charge in [-0.25, -0.2) is 4.79 Å². The van der Waals surface area contributed by atoms with Crippen LogP contribution in [0.4, 0.5) is 0 Å². The molecule has 0 saturated carbocycles. The third-order valence-corrected chi connectivity index (χ3v) is 4.48. The maximum Gasteiger partial charge on any atom is 0.338 e. The smallest absolute Gasteiger partial charge is 0.338 e. The first-order valence-electron chi connectivity index (χ1n) is 7.94. The van der Waals surface area contributed by atoms with Gasteiger partial charge in [0.05, 0.1) is 5.56 Å². The molecule has 4 nitrogen and oxygen atoms in total. The lowest BCUT2D eigenvalue weighted by Gasteiger charge is -2.38. The Bertz CT molecular complexity index is 537. The number of ether oxygens (including phenoxy) is 2. The molecule has 0 aromatic heterocycles. The number of benzene rings is 1. The summed E-state index contributed by atoms with van der Waals surface area (Å²) in [6.07, 6.45) is 2.32. The molecule has 0 amide bonds. The van der Waals surface area contributed by atoms with Crippen LogP contribution in [0.3, 0.4) is 0 Å². The highest BCUT2D eigenvalue weighted by atomic mass is 16.5. The number of carbonyl (C=O) groups excluding carboxylic acids is 1. The molecule has 0 N–H and O–H groups in total. The first kappa shape index (κ1) is 16.8. The van der Waals surface area contributed by atoms with E-state index in [1.807, 2.05) is 12.1 Å². The quantitative estimate of drug-likeness (QED) is 0.723. The third-order valence-electron chi connectivity index (χ3n) is 4.48. The van der Waals surface area contributed by atoms with Crippen LogP contribution in [0.15, 0.2) is 18.2 Å². The Morgan fingerprint density at radius 1 is 1.36 bits per heavy atom. The van der Waals surface area contributed by atoms with Crippen LogP contribution in [0, 0.1) is 5.41 Å². The van der Waals surface area contributed by atoms with Gasteiger partial charge in [0, 0.05) is 11.6 Å². The monoisotopic (exact) mass is 305 g/mol. The maximum absolute atomic E-state index is 11.5. The lowest BCUT2D eigenvalue weighted by molar-refractivity contribution is 0.0534. The van der Waals surface area contributed by atoms with Gasteiger partial charge in [-0.15, -0.1) is 0 Å². The minimum atomic E-state index is -0.239. The molecule has 0 saturated heterocycles. The van der Waals surface area contributed by atoms with Crippen molar-refractivity contribution in [3.8, 4) is 5.75 Å². The fraction of sp³-hybridized carbons (Fsp3) is 0.611. The number of likely N-dealkylation sites (N-methyl/N-ethyl adjacent to an activating group) is 1. The molecule has 0 radical (unpaired) electrons. The molecule has 2 rings (SSSR count). The molecule has 1 atom stereocenters. The number of rotatable bonds is 7. The van der Waals surface area contributed by atoms with Gasteiger partial charge in [-0.3, -0.25) is 0 Å². The second kappa shape index (κ2) is 6.69. The zero-order valence-electron chi connectivity index (χ0n) is 14.3. The van der Waals surface area contributed by atoms with E-state index in [1.165, 1.54) is 0 Å². The number of hydrogen-bond acceptors (Lipinski definition) is 4. The Morgan fingerprint density at radius 2 is 2.09 bits per heavy atom. The van der Waals surface area contributed by atoms with E-state index < -0.39 is 0 Å². The van der Waals surface area contributed by atoms with Gasteiger partial charge in [0.1, 0.15) is 19.0 Å². The van der Waals surface area contributed by atoms with Crippen molar-refractivity contribution in [3.63, 3.8) is 0 Å². The molecule has 0 fully saturated rings. The Balaban J connectivity index is 2.05. The Labute approximate surface area is 133 Å². The lowest BCUT2D eigenvalue weighted by Crippen LogP contribution is -2.45. The predicted molar refractivity (Wildman–Crippen MR) is 87.2 cm³/mol. The first-order chi connectivity index (χ1) is 10.3. The van der Waals surface area contributed by atoms with Crippen molar-refractivity contribution in [2.75, 3.05) is 20.7 Å². The number of carbonyl (C=O) groups is 1. The van der Waals surface area contributed by atoms with Crippen molar-refractivity contribution in [1.29, 1.82) is 0 Å². The van der Waals surface area contributed by atoms with Crippen LogP contribution in [0.25, 0.3) is 0 Å². The van der Waals surface area contributed by atoms with E-state index >= 15 is 0 Å². The van der Waals surface area contributed by atoms with Crippen LogP contribution in [-0.2, 0) is 11.3 Å². The van der Waals surface area contributed by atoms with E-state index in [-0.39, 0.29) is 11.4 Å². The molecule has 1 aromatic carbocycles. The molecule has 0 spiro atoms. The van der Waals surface area contributed by atoms with Crippen LogP contribution in [-0.4, -0.2) is 37.6 Å². The summed E-state index contributed by atoms with van der Waals surface area (Å²) in [6.45, 7) is 7.78. The third kappa shape index (κ3) is 3.61. The second-order valence-electron chi connectivity index (χ2n) is 6.92. The molecule has 1 aliphatic rings. The van der Waals surface area contributed by atoms with Crippen LogP contribution in [0.1, 0.15) is 49.5 Å². The van der Waals surface area contributed by atoms with E-state index in [0.717, 1.165) is 24.2 Å². The van der Waals surface area contributed by atoms with Crippen LogP contribution < -0.4 is 4.74 Å². The SMILES string of the molecule is CCCC(C)(C)C(COc1ccc2c(c1)COC2=O)N(C)C. The zero-order chi connectivity index (χ0) is 16.3. The fourth-order valence-corrected chi connectivity index (χ4v) is 3.26. The number of esters is 1. The summed E-state index contributed by atoms with van der Waals surface area (Å²) in [5.74, 6) is 0.563. The van der Waals surface area contributed by atoms with Gasteiger partial charge >= 0.3 is 5.97 Å². The molecule has 4 heteroatoms. The molecule has 0 aliphatic carbocycles. The van der Waals surface area contributed by atoms with Gasteiger partial charge in [0.2, 0.25) is 0 Å². The van der Waals surface area contributed by atoms with Crippen LogP contribution in [0.2, 0.25) is 0 Å². The van der Waals surface area contributed by atoms with Crippen molar-refractivity contribution in [1.82, 2.24) is 4.90 Å². The van der Waals surface area contributed by atoms with Gasteiger partial charge in [-0.2, -0.15) is 0 Å². The van der Waals surface area contributed by atoms with Crippen LogP contribution >= 0.6 is 0 Å². The number of hydrogen-bond donors (Lipinski definition) is 0. The van der Waals surface area contributed by atoms with E-state index in [9.17, 15) is 4.79 Å². The van der Waals surface area contributed by atoms with Crippen molar-refractivity contribution in [2.24, 2.45) is 5.41 Å². The highest BCUT2D eigenvalue weighted by Crippen LogP contribution is 2.31. The molecular formula is C18H27NO3. The molecule has 22 heavy (non-hydrogen) atoms. The summed E-state index contributed by atoms with van der Waals surface area (Å²) in [4.78, 5) is 13.7. The Kier molecular flexibility index (Phi) is 5.12. The summed E-state index contributed by atoms with van der Waals surface area (Å²) >= 11 is 0. The summed E-state index contributed by atoms with van der Waals surface area (Å²) < 4.78 is 11.0. The summed E-state index contributed by atoms with van der Waals surface area (Å²) in [6, 6.07) is 5.89. The Hall–Kier alpha value is -1.55. The van der Waals surface area contributed by atoms with Crippen molar-refractivity contribution < 1.29 is 14.3 Å². The van der Waals surface area contributed by atoms with Gasteiger partial charge in [-0.05, 0) is 44.1 Å². The highest BCUT2D eigenvalue weighted by molar-refractivity contribution is 5.93. The zero-order valence-corrected chi connectivity index (χ0v) is 14.3. The average Bonchev–Trinajstić information content (AvgIpc) is 2.79.